The molecular formula is C26H23FN2O10S. The lowest BCUT2D eigenvalue weighted by Crippen LogP contribution is -2.45. The molecule has 0 spiro atoms. The summed E-state index contributed by atoms with van der Waals surface area (Å²) in [5, 5.41) is 14.5. The molecule has 210 valence electrons. The number of halogens is 1. The van der Waals surface area contributed by atoms with Gasteiger partial charge in [0.15, 0.2) is 18.4 Å². The van der Waals surface area contributed by atoms with E-state index in [1.807, 2.05) is 0 Å². The van der Waals surface area contributed by atoms with Gasteiger partial charge in [0.1, 0.15) is 18.6 Å². The van der Waals surface area contributed by atoms with E-state index in [0.717, 1.165) is 31.4 Å². The van der Waals surface area contributed by atoms with Gasteiger partial charge in [-0.1, -0.05) is 47.6 Å². The Bertz CT molecular complexity index is 1450. The highest BCUT2D eigenvalue weighted by atomic mass is 32.2. The molecule has 0 amide bonds. The highest BCUT2D eigenvalue weighted by Gasteiger charge is 2.39. The molecule has 0 aromatic heterocycles. The summed E-state index contributed by atoms with van der Waals surface area (Å²) in [6.45, 7) is -0.907. The lowest BCUT2D eigenvalue weighted by atomic mass is 10.1. The maximum atomic E-state index is 15.4. The molecule has 0 N–H and O–H groups in total. The Morgan fingerprint density at radius 2 is 1.57 bits per heavy atom. The van der Waals surface area contributed by atoms with E-state index in [2.05, 4.69) is 9.99 Å². The molecule has 40 heavy (non-hydrogen) atoms. The Kier molecular flexibility index (Phi) is 10.4. The lowest BCUT2D eigenvalue weighted by Gasteiger charge is -2.27. The predicted molar refractivity (Wildman–Crippen MR) is 138 cm³/mol. The van der Waals surface area contributed by atoms with E-state index in [-0.39, 0.29) is 11.1 Å². The van der Waals surface area contributed by atoms with E-state index < -0.39 is 62.5 Å². The third-order valence-electron chi connectivity index (χ3n) is 5.20. The fourth-order valence-electron chi connectivity index (χ4n) is 3.28. The van der Waals surface area contributed by atoms with Crippen molar-refractivity contribution in [1.29, 1.82) is 0 Å². The fourth-order valence-corrected chi connectivity index (χ4v) is 4.39. The van der Waals surface area contributed by atoms with Crippen molar-refractivity contribution in [2.24, 2.45) is 5.16 Å². The van der Waals surface area contributed by atoms with Crippen molar-refractivity contribution >= 4 is 34.0 Å². The van der Waals surface area contributed by atoms with Crippen LogP contribution in [-0.2, 0) is 28.6 Å². The first-order valence-electron chi connectivity index (χ1n) is 11.5. The number of nitro benzene ring substituents is 1. The van der Waals surface area contributed by atoms with Crippen LogP contribution in [-0.4, -0.2) is 63.6 Å². The van der Waals surface area contributed by atoms with Crippen LogP contribution in [0.2, 0.25) is 0 Å². The zero-order valence-corrected chi connectivity index (χ0v) is 21.7. The number of hydrogen-bond donors (Lipinski definition) is 0. The molecule has 0 saturated heterocycles. The second-order valence-corrected chi connectivity index (χ2v) is 9.50. The zero-order valence-electron chi connectivity index (χ0n) is 20.9. The van der Waals surface area contributed by atoms with Crippen LogP contribution in [0.4, 0.5) is 10.1 Å². The minimum Gasteiger partial charge on any atom is -0.459 e. The molecular weight excluding hydrogens is 551 g/mol. The van der Waals surface area contributed by atoms with Crippen molar-refractivity contribution in [1.82, 2.24) is 0 Å². The number of alkyl halides is 1. The first-order valence-corrected chi connectivity index (χ1v) is 12.9. The maximum absolute atomic E-state index is 15.4. The summed E-state index contributed by atoms with van der Waals surface area (Å²) in [4.78, 5) is 39.5. The number of carbonyl (C=O) groups is 2. The van der Waals surface area contributed by atoms with Gasteiger partial charge in [-0.15, -0.1) is 0 Å². The van der Waals surface area contributed by atoms with Crippen LogP contribution in [0.3, 0.4) is 0 Å². The molecule has 3 rings (SSSR count). The summed E-state index contributed by atoms with van der Waals surface area (Å²) in [7, 11) is -3.74. The summed E-state index contributed by atoms with van der Waals surface area (Å²) in [6, 6.07) is 18.9. The average molecular weight is 575 g/mol. The van der Waals surface area contributed by atoms with Crippen molar-refractivity contribution in [3.8, 4) is 0 Å². The minimum atomic E-state index is -4.86. The van der Waals surface area contributed by atoms with Gasteiger partial charge in [0, 0.05) is 12.1 Å². The van der Waals surface area contributed by atoms with Crippen molar-refractivity contribution in [2.45, 2.75) is 23.3 Å². The largest absolute Gasteiger partial charge is 0.459 e. The second kappa shape index (κ2) is 13.9. The smallest absolute Gasteiger partial charge is 0.338 e. The Hall–Kier alpha value is -4.69. The average Bonchev–Trinajstić information content (AvgIpc) is 2.97. The van der Waals surface area contributed by atoms with E-state index in [1.54, 1.807) is 24.3 Å². The van der Waals surface area contributed by atoms with Crippen molar-refractivity contribution in [3.05, 3.63) is 106 Å². The second-order valence-electron chi connectivity index (χ2n) is 7.93. The van der Waals surface area contributed by atoms with Gasteiger partial charge in [0.2, 0.25) is 0 Å². The number of esters is 2. The van der Waals surface area contributed by atoms with Crippen LogP contribution in [0.1, 0.15) is 20.7 Å². The van der Waals surface area contributed by atoms with Gasteiger partial charge in [0.25, 0.3) is 15.8 Å². The van der Waals surface area contributed by atoms with Crippen LogP contribution in [0.15, 0.2) is 95.0 Å². The molecule has 14 heteroatoms. The van der Waals surface area contributed by atoms with Crippen LogP contribution < -0.4 is 0 Å². The number of rotatable bonds is 13. The molecule has 0 bridgehead atoms. The summed E-state index contributed by atoms with van der Waals surface area (Å²) >= 11 is 0. The van der Waals surface area contributed by atoms with Crippen LogP contribution in [0.25, 0.3) is 0 Å². The topological polar surface area (TPSA) is 161 Å². The molecule has 0 aliphatic carbocycles. The number of non-ortho nitro benzene ring substituents is 1. The maximum Gasteiger partial charge on any atom is 0.338 e. The molecule has 0 aliphatic heterocycles. The van der Waals surface area contributed by atoms with Crippen LogP contribution in [0, 0.1) is 10.1 Å². The van der Waals surface area contributed by atoms with Crippen molar-refractivity contribution in [3.63, 3.8) is 0 Å². The third kappa shape index (κ3) is 8.15. The molecule has 0 heterocycles. The minimum absolute atomic E-state index is 0.00459. The van der Waals surface area contributed by atoms with E-state index in [0.29, 0.717) is 6.21 Å². The standard InChI is InChI=1S/C26H23FN2O10S/c1-36-28-16-22(27)24(38-26(31)19-11-6-3-7-12-19)23(17-37-25(30)18-9-4-2-5-10-18)39-40(34,35)21-14-8-13-20(15-21)29(32)33/h2-16,22-24H,17H2,1H3. The van der Waals surface area contributed by atoms with E-state index in [9.17, 15) is 28.1 Å². The van der Waals surface area contributed by atoms with Gasteiger partial charge < -0.3 is 14.3 Å². The lowest BCUT2D eigenvalue weighted by molar-refractivity contribution is -0.385. The Morgan fingerprint density at radius 1 is 0.975 bits per heavy atom. The number of benzene rings is 3. The Balaban J connectivity index is 1.99. The molecule has 12 nitrogen and oxygen atoms in total. The molecule has 0 fully saturated rings. The molecule has 0 aliphatic rings. The van der Waals surface area contributed by atoms with Gasteiger partial charge in [0.05, 0.1) is 22.3 Å². The number of carbonyl (C=O) groups excluding carboxylic acids is 2. The molecule has 3 unspecified atom stereocenters. The van der Waals surface area contributed by atoms with Gasteiger partial charge in [-0.2, -0.15) is 8.42 Å². The Labute approximate surface area is 228 Å². The van der Waals surface area contributed by atoms with E-state index >= 15 is 4.39 Å². The number of ether oxygens (including phenoxy) is 2. The van der Waals surface area contributed by atoms with Gasteiger partial charge in [-0.25, -0.2) is 14.0 Å². The monoisotopic (exact) mass is 574 g/mol. The normalized spacial score (nSPS) is 13.7. The van der Waals surface area contributed by atoms with Gasteiger partial charge in [-0.05, 0) is 30.3 Å². The zero-order chi connectivity index (χ0) is 29.1. The van der Waals surface area contributed by atoms with Crippen LogP contribution >= 0.6 is 0 Å². The van der Waals surface area contributed by atoms with Gasteiger partial charge >= 0.3 is 11.9 Å². The molecule has 3 aromatic rings. The number of oxime groups is 1. The quantitative estimate of drug-likeness (QED) is 0.0967. The summed E-state index contributed by atoms with van der Waals surface area (Å²) in [6.07, 6.45) is -5.72. The number of nitro groups is 1. The van der Waals surface area contributed by atoms with Gasteiger partial charge in [-0.3, -0.25) is 14.3 Å². The summed E-state index contributed by atoms with van der Waals surface area (Å²) in [5.41, 5.74) is -0.456. The first kappa shape index (κ1) is 29.9. The highest BCUT2D eigenvalue weighted by Crippen LogP contribution is 2.24. The molecule has 0 radical (unpaired) electrons. The Morgan fingerprint density at radius 3 is 2.15 bits per heavy atom. The summed E-state index contributed by atoms with van der Waals surface area (Å²) < 4.78 is 57.3. The van der Waals surface area contributed by atoms with E-state index in [4.69, 9.17) is 13.7 Å². The van der Waals surface area contributed by atoms with Crippen molar-refractivity contribution in [2.75, 3.05) is 13.7 Å². The van der Waals surface area contributed by atoms with Crippen molar-refractivity contribution < 1.29 is 45.8 Å². The summed E-state index contributed by atoms with van der Waals surface area (Å²) in [5.74, 6) is -1.95. The van der Waals surface area contributed by atoms with E-state index in [1.165, 1.54) is 36.4 Å². The number of hydrogen-bond acceptors (Lipinski definition) is 11. The first-order chi connectivity index (χ1) is 19.1. The third-order valence-corrected chi connectivity index (χ3v) is 6.53. The highest BCUT2D eigenvalue weighted by molar-refractivity contribution is 7.86. The SMILES string of the molecule is CON=CC(F)C(OC(=O)c1ccccc1)C(COC(=O)c1ccccc1)OS(=O)(=O)c1cccc([N+](=O)[O-])c1. The molecule has 3 atom stereocenters. The predicted octanol–water partition coefficient (Wildman–Crippen LogP) is 3.72. The molecule has 0 saturated carbocycles. The fraction of sp³-hybridized carbons (Fsp3) is 0.192. The van der Waals surface area contributed by atoms with Crippen LogP contribution in [0.5, 0.6) is 0 Å². The number of nitrogens with zero attached hydrogens (tertiary/aromatic N) is 2. The molecule has 3 aromatic carbocycles.